The van der Waals surface area contributed by atoms with Crippen molar-refractivity contribution in [3.8, 4) is 0 Å². The van der Waals surface area contributed by atoms with E-state index in [0.29, 0.717) is 22.9 Å². The van der Waals surface area contributed by atoms with Crippen molar-refractivity contribution in [3.63, 3.8) is 0 Å². The van der Waals surface area contributed by atoms with Gasteiger partial charge in [0.2, 0.25) is 5.91 Å². The van der Waals surface area contributed by atoms with Crippen LogP contribution in [0.15, 0.2) is 67.1 Å². The molecule has 0 bridgehead atoms. The van der Waals surface area contributed by atoms with Gasteiger partial charge in [-0.15, -0.1) is 0 Å². The SMILES string of the molecule is CC[C@H](c1cccc(Cl)c1)N(C)C(=O)N1C(=O)C(Cc2ccnc(N)c2)[C@H]1C(=O)N(C)c1ccncc1. The molecule has 37 heavy (non-hydrogen) atoms. The smallest absolute Gasteiger partial charge is 0.327 e. The Kier molecular flexibility index (Phi) is 7.73. The first-order chi connectivity index (χ1) is 17.7. The number of rotatable bonds is 7. The molecule has 10 heteroatoms. The molecule has 3 aromatic rings. The number of imide groups is 1. The molecule has 0 spiro atoms. The van der Waals surface area contributed by atoms with E-state index in [1.807, 2.05) is 19.1 Å². The maximum Gasteiger partial charge on any atom is 0.327 e. The number of hydrogen-bond donors (Lipinski definition) is 1. The quantitative estimate of drug-likeness (QED) is 0.472. The number of nitrogens with two attached hydrogens (primary N) is 1. The number of benzene rings is 1. The largest absolute Gasteiger partial charge is 0.384 e. The van der Waals surface area contributed by atoms with E-state index >= 15 is 0 Å². The first-order valence-electron chi connectivity index (χ1n) is 12.0. The van der Waals surface area contributed by atoms with Gasteiger partial charge in [-0.2, -0.15) is 0 Å². The third-order valence-corrected chi connectivity index (χ3v) is 6.98. The molecule has 2 N–H and O–H groups in total. The highest BCUT2D eigenvalue weighted by atomic mass is 35.5. The van der Waals surface area contributed by atoms with Crippen molar-refractivity contribution < 1.29 is 14.4 Å². The Morgan fingerprint density at radius 1 is 1.11 bits per heavy atom. The predicted octanol–water partition coefficient (Wildman–Crippen LogP) is 3.95. The molecule has 2 aromatic heterocycles. The standard InChI is InChI=1S/C27H29ClN6O3/c1-4-22(18-6-5-7-19(28)16-18)33(3)27(37)34-24(26(36)32(2)20-9-11-30-12-10-20)21(25(34)35)14-17-8-13-31-23(29)15-17/h5-13,15-16,21-22,24H,4,14H2,1-3H3,(H2,29,31)/t21?,22-,24+/m1/s1. The number of anilines is 2. The second kappa shape index (κ2) is 11.0. The molecule has 9 nitrogen and oxygen atoms in total. The minimum absolute atomic E-state index is 0.255. The summed E-state index contributed by atoms with van der Waals surface area (Å²) in [5.74, 6) is -1.17. The lowest BCUT2D eigenvalue weighted by Gasteiger charge is -2.47. The van der Waals surface area contributed by atoms with Crippen molar-refractivity contribution in [1.29, 1.82) is 0 Å². The van der Waals surface area contributed by atoms with E-state index in [0.717, 1.165) is 16.0 Å². The third kappa shape index (κ3) is 5.27. The van der Waals surface area contributed by atoms with Crippen LogP contribution in [0.2, 0.25) is 5.02 Å². The van der Waals surface area contributed by atoms with Crippen LogP contribution in [0.25, 0.3) is 0 Å². The van der Waals surface area contributed by atoms with Gasteiger partial charge in [0, 0.05) is 43.4 Å². The van der Waals surface area contributed by atoms with E-state index in [1.165, 1.54) is 9.80 Å². The Bertz CT molecular complexity index is 1300. The number of likely N-dealkylation sites (tertiary alicyclic amines) is 1. The summed E-state index contributed by atoms with van der Waals surface area (Å²) in [6.45, 7) is 1.95. The lowest BCUT2D eigenvalue weighted by Crippen LogP contribution is -2.70. The number of likely N-dealkylation sites (N-methyl/N-ethyl adjacent to an activating group) is 1. The van der Waals surface area contributed by atoms with Crippen LogP contribution >= 0.6 is 11.6 Å². The van der Waals surface area contributed by atoms with Gasteiger partial charge >= 0.3 is 6.03 Å². The van der Waals surface area contributed by atoms with E-state index in [-0.39, 0.29) is 18.4 Å². The number of halogens is 1. The number of nitrogen functional groups attached to an aromatic ring is 1. The molecule has 3 atom stereocenters. The molecule has 0 saturated carbocycles. The Morgan fingerprint density at radius 2 is 1.84 bits per heavy atom. The summed E-state index contributed by atoms with van der Waals surface area (Å²) in [5, 5.41) is 0.556. The van der Waals surface area contributed by atoms with Crippen LogP contribution in [0.3, 0.4) is 0 Å². The van der Waals surface area contributed by atoms with Gasteiger partial charge in [-0.1, -0.05) is 30.7 Å². The summed E-state index contributed by atoms with van der Waals surface area (Å²) >= 11 is 6.18. The molecule has 1 aromatic carbocycles. The maximum absolute atomic E-state index is 13.7. The predicted molar refractivity (Wildman–Crippen MR) is 142 cm³/mol. The number of aromatic nitrogens is 2. The fraction of sp³-hybridized carbons (Fsp3) is 0.296. The van der Waals surface area contributed by atoms with Crippen molar-refractivity contribution in [2.75, 3.05) is 24.7 Å². The summed E-state index contributed by atoms with van der Waals surface area (Å²) in [5.41, 5.74) is 8.04. The molecule has 1 aliphatic heterocycles. The Hall–Kier alpha value is -3.98. The first-order valence-corrected chi connectivity index (χ1v) is 12.3. The van der Waals surface area contributed by atoms with Crippen LogP contribution < -0.4 is 10.6 Å². The van der Waals surface area contributed by atoms with E-state index < -0.39 is 23.9 Å². The van der Waals surface area contributed by atoms with Gasteiger partial charge in [0.25, 0.3) is 5.91 Å². The van der Waals surface area contributed by atoms with E-state index in [1.54, 1.807) is 69.1 Å². The summed E-state index contributed by atoms with van der Waals surface area (Å²) in [4.78, 5) is 52.8. The van der Waals surface area contributed by atoms with Crippen LogP contribution in [0.1, 0.15) is 30.5 Å². The molecule has 1 aliphatic rings. The van der Waals surface area contributed by atoms with Gasteiger partial charge in [-0.3, -0.25) is 19.5 Å². The zero-order valence-electron chi connectivity index (χ0n) is 20.9. The molecule has 192 valence electrons. The zero-order valence-corrected chi connectivity index (χ0v) is 21.7. The first kappa shape index (κ1) is 26.1. The number of pyridine rings is 2. The molecule has 0 radical (unpaired) electrons. The van der Waals surface area contributed by atoms with Gasteiger partial charge in [0.15, 0.2) is 0 Å². The third-order valence-electron chi connectivity index (χ3n) is 6.74. The lowest BCUT2D eigenvalue weighted by atomic mass is 9.81. The van der Waals surface area contributed by atoms with Gasteiger partial charge in [-0.25, -0.2) is 9.78 Å². The lowest BCUT2D eigenvalue weighted by molar-refractivity contribution is -0.157. The molecule has 1 saturated heterocycles. The number of urea groups is 1. The van der Waals surface area contributed by atoms with Gasteiger partial charge in [-0.05, 0) is 60.4 Å². The van der Waals surface area contributed by atoms with Crippen molar-refractivity contribution in [1.82, 2.24) is 19.8 Å². The molecule has 1 fully saturated rings. The van der Waals surface area contributed by atoms with Crippen molar-refractivity contribution in [2.45, 2.75) is 31.8 Å². The van der Waals surface area contributed by atoms with Crippen LogP contribution in [-0.2, 0) is 16.0 Å². The summed E-state index contributed by atoms with van der Waals surface area (Å²) < 4.78 is 0. The van der Waals surface area contributed by atoms with E-state index in [4.69, 9.17) is 17.3 Å². The summed E-state index contributed by atoms with van der Waals surface area (Å²) in [6.07, 6.45) is 5.57. The second-order valence-corrected chi connectivity index (χ2v) is 9.46. The number of carbonyl (C=O) groups is 3. The zero-order chi connectivity index (χ0) is 26.7. The highest BCUT2D eigenvalue weighted by Crippen LogP contribution is 2.35. The highest BCUT2D eigenvalue weighted by molar-refractivity contribution is 6.30. The maximum atomic E-state index is 13.7. The number of amides is 4. The molecular formula is C27H29ClN6O3. The van der Waals surface area contributed by atoms with Gasteiger partial charge in [0.1, 0.15) is 11.9 Å². The van der Waals surface area contributed by atoms with Gasteiger partial charge < -0.3 is 15.5 Å². The average Bonchev–Trinajstić information content (AvgIpc) is 2.90. The second-order valence-electron chi connectivity index (χ2n) is 9.03. The highest BCUT2D eigenvalue weighted by Gasteiger charge is 2.56. The average molecular weight is 521 g/mol. The molecule has 0 aliphatic carbocycles. The summed E-state index contributed by atoms with van der Waals surface area (Å²) in [7, 11) is 3.25. The van der Waals surface area contributed by atoms with Crippen molar-refractivity contribution >= 4 is 41.0 Å². The monoisotopic (exact) mass is 520 g/mol. The van der Waals surface area contributed by atoms with Crippen molar-refractivity contribution in [2.24, 2.45) is 5.92 Å². The Balaban J connectivity index is 1.64. The fourth-order valence-corrected chi connectivity index (χ4v) is 4.96. The topological polar surface area (TPSA) is 113 Å². The van der Waals surface area contributed by atoms with Gasteiger partial charge in [0.05, 0.1) is 12.0 Å². The summed E-state index contributed by atoms with van der Waals surface area (Å²) in [6, 6.07) is 12.2. The van der Waals surface area contributed by atoms with E-state index in [2.05, 4.69) is 9.97 Å². The number of hydrogen-bond acceptors (Lipinski definition) is 6. The molecule has 1 unspecified atom stereocenters. The van der Waals surface area contributed by atoms with Crippen LogP contribution in [0.4, 0.5) is 16.3 Å². The minimum Gasteiger partial charge on any atom is -0.384 e. The Labute approximate surface area is 220 Å². The number of β-lactam (4-membered cyclic amide) rings is 1. The van der Waals surface area contributed by atoms with E-state index in [9.17, 15) is 14.4 Å². The Morgan fingerprint density at radius 3 is 2.49 bits per heavy atom. The number of nitrogens with zero attached hydrogens (tertiary/aromatic N) is 5. The molecule has 4 rings (SSSR count). The van der Waals surface area contributed by atoms with Crippen LogP contribution in [0.5, 0.6) is 0 Å². The fourth-order valence-electron chi connectivity index (χ4n) is 4.76. The normalized spacial score (nSPS) is 17.6. The molecule has 3 heterocycles. The van der Waals surface area contributed by atoms with Crippen LogP contribution in [0, 0.1) is 5.92 Å². The molecule has 4 amide bonds. The molecular weight excluding hydrogens is 492 g/mol. The number of carbonyl (C=O) groups excluding carboxylic acids is 3. The van der Waals surface area contributed by atoms with Crippen molar-refractivity contribution in [3.05, 3.63) is 83.3 Å². The minimum atomic E-state index is -0.980. The van der Waals surface area contributed by atoms with Crippen LogP contribution in [-0.4, -0.2) is 57.8 Å².